The van der Waals surface area contributed by atoms with E-state index in [1.54, 1.807) is 13.8 Å². The van der Waals surface area contributed by atoms with E-state index in [9.17, 15) is 8.42 Å². The van der Waals surface area contributed by atoms with Crippen LogP contribution in [0.3, 0.4) is 0 Å². The molecular formula is C10H20N2O3S. The summed E-state index contributed by atoms with van der Waals surface area (Å²) in [6, 6.07) is 1.25. The van der Waals surface area contributed by atoms with Gasteiger partial charge in [0.1, 0.15) is 6.04 Å². The molecule has 0 aliphatic heterocycles. The van der Waals surface area contributed by atoms with Crippen LogP contribution in [0.25, 0.3) is 0 Å². The van der Waals surface area contributed by atoms with Gasteiger partial charge in [-0.05, 0) is 19.8 Å². The second-order valence-electron chi connectivity index (χ2n) is 4.21. The lowest BCUT2D eigenvalue weighted by Gasteiger charge is -2.15. The normalized spacial score (nSPS) is 14.1. The zero-order valence-corrected chi connectivity index (χ0v) is 11.0. The van der Waals surface area contributed by atoms with E-state index in [-0.39, 0.29) is 24.4 Å². The summed E-state index contributed by atoms with van der Waals surface area (Å²) in [4.78, 5) is 0. The van der Waals surface area contributed by atoms with Crippen molar-refractivity contribution in [1.82, 2.24) is 4.72 Å². The van der Waals surface area contributed by atoms with Crippen LogP contribution < -0.4 is 4.72 Å². The van der Waals surface area contributed by atoms with Gasteiger partial charge in [0.15, 0.2) is 0 Å². The quantitative estimate of drug-likeness (QED) is 0.725. The third-order valence-electron chi connectivity index (χ3n) is 1.92. The maximum Gasteiger partial charge on any atom is 0.215 e. The Hall–Kier alpha value is -0.640. The molecule has 0 aromatic rings. The molecule has 16 heavy (non-hydrogen) atoms. The van der Waals surface area contributed by atoms with Crippen molar-refractivity contribution in [1.29, 1.82) is 5.26 Å². The predicted molar refractivity (Wildman–Crippen MR) is 62.2 cm³/mol. The van der Waals surface area contributed by atoms with Gasteiger partial charge in [0.05, 0.1) is 24.5 Å². The molecule has 0 saturated carbocycles. The molecule has 0 heterocycles. The summed E-state index contributed by atoms with van der Waals surface area (Å²) in [7, 11) is -3.43. The summed E-state index contributed by atoms with van der Waals surface area (Å²) >= 11 is 0. The number of hydrogen-bond donors (Lipinski definition) is 1. The second kappa shape index (κ2) is 6.84. The molecule has 0 spiro atoms. The van der Waals surface area contributed by atoms with E-state index < -0.39 is 16.1 Å². The van der Waals surface area contributed by atoms with Crippen LogP contribution in [-0.2, 0) is 14.8 Å². The molecule has 0 bridgehead atoms. The standard InChI is InChI=1S/C10H20N2O3S/c1-8(2)10(7-11)12-16(13,14)6-5-15-9(3)4/h8-10,12H,5-6H2,1-4H3. The number of sulfonamides is 1. The van der Waals surface area contributed by atoms with Gasteiger partial charge in [-0.15, -0.1) is 0 Å². The van der Waals surface area contributed by atoms with Gasteiger partial charge >= 0.3 is 0 Å². The number of nitrogens with zero attached hydrogens (tertiary/aromatic N) is 1. The van der Waals surface area contributed by atoms with Crippen LogP contribution in [0.1, 0.15) is 27.7 Å². The molecule has 0 amide bonds. The Balaban J connectivity index is 4.20. The van der Waals surface area contributed by atoms with Gasteiger partial charge in [-0.25, -0.2) is 8.42 Å². The van der Waals surface area contributed by atoms with E-state index in [1.807, 2.05) is 19.9 Å². The molecule has 94 valence electrons. The molecule has 0 aromatic carbocycles. The van der Waals surface area contributed by atoms with E-state index in [0.717, 1.165) is 0 Å². The minimum Gasteiger partial charge on any atom is -0.378 e. The summed E-state index contributed by atoms with van der Waals surface area (Å²) in [6.45, 7) is 7.41. The van der Waals surface area contributed by atoms with Crippen LogP contribution in [0.4, 0.5) is 0 Å². The maximum atomic E-state index is 11.5. The van der Waals surface area contributed by atoms with Gasteiger partial charge in [0.2, 0.25) is 10.0 Å². The molecule has 0 radical (unpaired) electrons. The van der Waals surface area contributed by atoms with Crippen LogP contribution in [0.5, 0.6) is 0 Å². The average molecular weight is 248 g/mol. The van der Waals surface area contributed by atoms with E-state index in [1.165, 1.54) is 0 Å². The van der Waals surface area contributed by atoms with Crippen LogP contribution in [0, 0.1) is 17.2 Å². The molecule has 1 unspecified atom stereocenters. The fourth-order valence-electron chi connectivity index (χ4n) is 0.957. The van der Waals surface area contributed by atoms with Gasteiger partial charge in [0, 0.05) is 0 Å². The van der Waals surface area contributed by atoms with Gasteiger partial charge in [-0.2, -0.15) is 9.98 Å². The van der Waals surface area contributed by atoms with Gasteiger partial charge < -0.3 is 4.74 Å². The number of rotatable bonds is 7. The fraction of sp³-hybridized carbons (Fsp3) is 0.900. The highest BCUT2D eigenvalue weighted by Crippen LogP contribution is 2.02. The molecule has 0 aliphatic carbocycles. The van der Waals surface area contributed by atoms with E-state index in [4.69, 9.17) is 10.00 Å². The largest absolute Gasteiger partial charge is 0.378 e. The number of nitriles is 1. The number of hydrogen-bond acceptors (Lipinski definition) is 4. The summed E-state index contributed by atoms with van der Waals surface area (Å²) in [6.07, 6.45) is 0.00654. The highest BCUT2D eigenvalue weighted by Gasteiger charge is 2.20. The molecule has 5 nitrogen and oxygen atoms in total. The first-order chi connectivity index (χ1) is 7.28. The minimum atomic E-state index is -3.43. The van der Waals surface area contributed by atoms with Crippen LogP contribution in [0.15, 0.2) is 0 Å². The van der Waals surface area contributed by atoms with Crippen molar-refractivity contribution in [2.24, 2.45) is 5.92 Å². The van der Waals surface area contributed by atoms with Crippen molar-refractivity contribution in [2.75, 3.05) is 12.4 Å². The molecule has 1 atom stereocenters. The Bertz CT molecular complexity index is 330. The third-order valence-corrected chi connectivity index (χ3v) is 3.23. The zero-order valence-electron chi connectivity index (χ0n) is 10.2. The minimum absolute atomic E-state index is 0.00654. The van der Waals surface area contributed by atoms with Crippen molar-refractivity contribution < 1.29 is 13.2 Å². The van der Waals surface area contributed by atoms with Crippen LogP contribution >= 0.6 is 0 Å². The molecule has 0 saturated heterocycles. The molecule has 0 aromatic heterocycles. The van der Waals surface area contributed by atoms with Crippen molar-refractivity contribution in [3.05, 3.63) is 0 Å². The Morgan fingerprint density at radius 3 is 2.25 bits per heavy atom. The molecule has 0 fully saturated rings. The smallest absolute Gasteiger partial charge is 0.215 e. The first kappa shape index (κ1) is 15.4. The van der Waals surface area contributed by atoms with Gasteiger partial charge in [0.25, 0.3) is 0 Å². The second-order valence-corrected chi connectivity index (χ2v) is 6.08. The van der Waals surface area contributed by atoms with Crippen molar-refractivity contribution >= 4 is 10.0 Å². The lowest BCUT2D eigenvalue weighted by atomic mass is 10.1. The van der Waals surface area contributed by atoms with E-state index in [0.29, 0.717) is 0 Å². The fourth-order valence-corrected chi connectivity index (χ4v) is 2.10. The lowest BCUT2D eigenvalue weighted by molar-refractivity contribution is 0.0911. The number of nitrogens with one attached hydrogen (secondary N) is 1. The Morgan fingerprint density at radius 2 is 1.88 bits per heavy atom. The molecule has 0 aliphatic rings. The zero-order chi connectivity index (χ0) is 12.8. The highest BCUT2D eigenvalue weighted by molar-refractivity contribution is 7.89. The average Bonchev–Trinajstić information content (AvgIpc) is 2.12. The molecular weight excluding hydrogens is 228 g/mol. The number of ether oxygens (including phenoxy) is 1. The first-order valence-corrected chi connectivity index (χ1v) is 6.95. The van der Waals surface area contributed by atoms with Crippen LogP contribution in [0.2, 0.25) is 0 Å². The summed E-state index contributed by atoms with van der Waals surface area (Å²) < 4.78 is 30.6. The predicted octanol–water partition coefficient (Wildman–Crippen LogP) is 0.879. The molecule has 6 heteroatoms. The van der Waals surface area contributed by atoms with Crippen molar-refractivity contribution in [2.45, 2.75) is 39.8 Å². The SMILES string of the molecule is CC(C)OCCS(=O)(=O)NC(C#N)C(C)C. The summed E-state index contributed by atoms with van der Waals surface area (Å²) in [5.74, 6) is -0.165. The molecule has 1 N–H and O–H groups in total. The Kier molecular flexibility index (Phi) is 6.56. The van der Waals surface area contributed by atoms with Crippen molar-refractivity contribution in [3.8, 4) is 6.07 Å². The summed E-state index contributed by atoms with van der Waals surface area (Å²) in [5.41, 5.74) is 0. The Labute approximate surface area is 97.8 Å². The van der Waals surface area contributed by atoms with Crippen LogP contribution in [-0.4, -0.2) is 32.9 Å². The maximum absolute atomic E-state index is 11.5. The Morgan fingerprint density at radius 1 is 1.31 bits per heavy atom. The molecule has 0 rings (SSSR count). The van der Waals surface area contributed by atoms with Gasteiger partial charge in [-0.1, -0.05) is 13.8 Å². The van der Waals surface area contributed by atoms with Crippen molar-refractivity contribution in [3.63, 3.8) is 0 Å². The lowest BCUT2D eigenvalue weighted by Crippen LogP contribution is -2.39. The van der Waals surface area contributed by atoms with E-state index >= 15 is 0 Å². The topological polar surface area (TPSA) is 79.2 Å². The summed E-state index contributed by atoms with van der Waals surface area (Å²) in [5, 5.41) is 8.77. The van der Waals surface area contributed by atoms with Gasteiger partial charge in [-0.3, -0.25) is 0 Å². The highest BCUT2D eigenvalue weighted by atomic mass is 32.2. The van der Waals surface area contributed by atoms with E-state index in [2.05, 4.69) is 4.72 Å². The third kappa shape index (κ3) is 6.77. The monoisotopic (exact) mass is 248 g/mol. The first-order valence-electron chi connectivity index (χ1n) is 5.29.